The van der Waals surface area contributed by atoms with Crippen LogP contribution in [0.1, 0.15) is 5.56 Å². The number of benzene rings is 2. The van der Waals surface area contributed by atoms with E-state index >= 15 is 0 Å². The van der Waals surface area contributed by atoms with Crippen LogP contribution in [0.2, 0.25) is 0 Å². The van der Waals surface area contributed by atoms with E-state index in [4.69, 9.17) is 9.47 Å². The van der Waals surface area contributed by atoms with Crippen molar-refractivity contribution >= 4 is 46.4 Å². The van der Waals surface area contributed by atoms with E-state index < -0.39 is 33.1 Å². The Morgan fingerprint density at radius 3 is 2.46 bits per heavy atom. The molecule has 0 aliphatic carbocycles. The van der Waals surface area contributed by atoms with Crippen LogP contribution < -0.4 is 14.8 Å². The van der Waals surface area contributed by atoms with Gasteiger partial charge in [-0.1, -0.05) is 0 Å². The lowest BCUT2D eigenvalue weighted by Crippen LogP contribution is -2.19. The molecule has 3 rings (SSSR count). The van der Waals surface area contributed by atoms with Gasteiger partial charge in [0.2, 0.25) is 5.75 Å². The highest BCUT2D eigenvalue weighted by Gasteiger charge is 2.25. The summed E-state index contributed by atoms with van der Waals surface area (Å²) in [4.78, 5) is 43.9. The summed E-state index contributed by atoms with van der Waals surface area (Å²) in [6, 6.07) is 7.54. The third kappa shape index (κ3) is 6.17. The Morgan fingerprint density at radius 1 is 1.06 bits per heavy atom. The molecule has 1 heterocycles. The van der Waals surface area contributed by atoms with Crippen molar-refractivity contribution in [3.8, 4) is 17.2 Å². The zero-order valence-corrected chi connectivity index (χ0v) is 18.8. The van der Waals surface area contributed by atoms with Crippen LogP contribution in [0.4, 0.5) is 11.4 Å². The van der Waals surface area contributed by atoms with Crippen LogP contribution in [0.3, 0.4) is 0 Å². The minimum Gasteiger partial charge on any atom is -0.493 e. The first-order valence-electron chi connectivity index (χ1n) is 9.40. The number of ether oxygens (including phenoxy) is 3. The smallest absolute Gasteiger partial charge is 0.331 e. The van der Waals surface area contributed by atoms with E-state index in [0.717, 1.165) is 36.0 Å². The van der Waals surface area contributed by atoms with Gasteiger partial charge in [-0.25, -0.2) is 4.79 Å². The second-order valence-corrected chi connectivity index (χ2v) is 7.45. The molecule has 1 fully saturated rings. The van der Waals surface area contributed by atoms with Crippen LogP contribution in [0.25, 0.3) is 0 Å². The van der Waals surface area contributed by atoms with E-state index in [0.29, 0.717) is 5.56 Å². The number of carbonyl (C=O) groups excluding carboxylic acids is 2. The van der Waals surface area contributed by atoms with E-state index in [9.17, 15) is 29.8 Å². The Hall–Kier alpha value is -4.79. The number of non-ortho nitro benzene ring substituents is 1. The van der Waals surface area contributed by atoms with Crippen LogP contribution in [0, 0.1) is 20.2 Å². The molecule has 2 aromatic carbocycles. The summed E-state index contributed by atoms with van der Waals surface area (Å²) in [5, 5.41) is 32.6. The molecule has 0 atom stereocenters. The third-order valence-corrected chi connectivity index (χ3v) is 5.11. The fourth-order valence-electron chi connectivity index (χ4n) is 2.60. The maximum absolute atomic E-state index is 11.8. The summed E-state index contributed by atoms with van der Waals surface area (Å²) in [6.07, 6.45) is 2.38. The van der Waals surface area contributed by atoms with Gasteiger partial charge in [-0.15, -0.1) is 5.10 Å². The normalized spacial score (nSPS) is 15.3. The molecule has 0 radical (unpaired) electrons. The predicted molar refractivity (Wildman–Crippen MR) is 124 cm³/mol. The standard InChI is InChI=1S/C20H15N5O9S/c1-32-16-7-11(10-21-23-20-22-19(27)17(35-20)9-18(26)33-2)3-5-15(16)34-14-6-4-12(24(28)29)8-13(14)25(30)31/h3-10H,1-2H3,(H,22,23,27)/b17-9+,21-10?. The van der Waals surface area contributed by atoms with Gasteiger partial charge in [-0.3, -0.25) is 30.3 Å². The molecule has 15 heteroatoms. The van der Waals surface area contributed by atoms with Gasteiger partial charge in [-0.05, 0) is 41.6 Å². The topological polar surface area (TPSA) is 185 Å². The van der Waals surface area contributed by atoms with Gasteiger partial charge in [-0.2, -0.15) is 5.10 Å². The molecule has 35 heavy (non-hydrogen) atoms. The monoisotopic (exact) mass is 501 g/mol. The van der Waals surface area contributed by atoms with Crippen LogP contribution in [-0.2, 0) is 14.3 Å². The number of nitrogens with zero attached hydrogens (tertiary/aromatic N) is 4. The number of thioether (sulfide) groups is 1. The number of esters is 1. The number of hydrogen-bond donors (Lipinski definition) is 1. The second-order valence-electron chi connectivity index (χ2n) is 6.42. The summed E-state index contributed by atoms with van der Waals surface area (Å²) in [7, 11) is 2.54. The molecule has 14 nitrogen and oxygen atoms in total. The van der Waals surface area contributed by atoms with Crippen molar-refractivity contribution in [2.24, 2.45) is 10.2 Å². The molecule has 1 aliphatic rings. The SMILES string of the molecule is COC(=O)/C=C1/S/C(=N\N=Cc2ccc(Oc3ccc([N+](=O)[O-])cc3[N+](=O)[O-])c(OC)c2)NC1=O. The summed E-state index contributed by atoms with van der Waals surface area (Å²) >= 11 is 0.909. The fraction of sp³-hybridized carbons (Fsp3) is 0.100. The molecule has 1 N–H and O–H groups in total. The molecule has 0 aromatic heterocycles. The summed E-state index contributed by atoms with van der Waals surface area (Å²) in [6.45, 7) is 0. The predicted octanol–water partition coefficient (Wildman–Crippen LogP) is 2.91. The molecule has 0 saturated carbocycles. The van der Waals surface area contributed by atoms with E-state index in [1.54, 1.807) is 6.07 Å². The maximum atomic E-state index is 11.8. The highest BCUT2D eigenvalue weighted by Crippen LogP contribution is 2.38. The Morgan fingerprint density at radius 2 is 1.80 bits per heavy atom. The Labute approximate surface area is 200 Å². The number of amidine groups is 1. The van der Waals surface area contributed by atoms with Crippen molar-refractivity contribution in [2.45, 2.75) is 0 Å². The number of amides is 1. The van der Waals surface area contributed by atoms with Gasteiger partial charge < -0.3 is 14.2 Å². The van der Waals surface area contributed by atoms with Crippen LogP contribution in [-0.4, -0.2) is 47.3 Å². The fourth-order valence-corrected chi connectivity index (χ4v) is 3.34. The highest BCUT2D eigenvalue weighted by molar-refractivity contribution is 8.18. The van der Waals surface area contributed by atoms with E-state index in [-0.39, 0.29) is 27.3 Å². The number of rotatable bonds is 8. The molecular formula is C20H15N5O9S. The summed E-state index contributed by atoms with van der Waals surface area (Å²) < 4.78 is 15.3. The molecule has 1 aliphatic heterocycles. The lowest BCUT2D eigenvalue weighted by Gasteiger charge is -2.11. The molecule has 0 spiro atoms. The van der Waals surface area contributed by atoms with Crippen molar-refractivity contribution in [3.05, 3.63) is 73.2 Å². The van der Waals surface area contributed by atoms with Crippen molar-refractivity contribution in [1.82, 2.24) is 5.32 Å². The quantitative estimate of drug-likeness (QED) is 0.185. The third-order valence-electron chi connectivity index (χ3n) is 4.21. The van der Waals surface area contributed by atoms with Gasteiger partial charge in [0.25, 0.3) is 11.6 Å². The Balaban J connectivity index is 1.78. The van der Waals surface area contributed by atoms with Crippen molar-refractivity contribution in [1.29, 1.82) is 0 Å². The van der Waals surface area contributed by atoms with E-state index in [2.05, 4.69) is 20.3 Å². The van der Waals surface area contributed by atoms with Crippen molar-refractivity contribution in [2.75, 3.05) is 14.2 Å². The lowest BCUT2D eigenvalue weighted by atomic mass is 10.2. The number of nitrogens with one attached hydrogen (secondary N) is 1. The van der Waals surface area contributed by atoms with E-state index in [1.165, 1.54) is 32.6 Å². The molecule has 2 aromatic rings. The minimum atomic E-state index is -0.791. The summed E-state index contributed by atoms with van der Waals surface area (Å²) in [5.41, 5.74) is -0.524. The van der Waals surface area contributed by atoms with Crippen molar-refractivity contribution < 1.29 is 33.6 Å². The first-order valence-corrected chi connectivity index (χ1v) is 10.2. The van der Waals surface area contributed by atoms with Gasteiger partial charge in [0.1, 0.15) is 0 Å². The largest absolute Gasteiger partial charge is 0.493 e. The number of nitro benzene ring substituents is 2. The average Bonchev–Trinajstić information content (AvgIpc) is 3.18. The molecule has 1 saturated heterocycles. The number of nitro groups is 2. The number of methoxy groups -OCH3 is 2. The molecule has 0 bridgehead atoms. The average molecular weight is 501 g/mol. The van der Waals surface area contributed by atoms with Crippen LogP contribution in [0.5, 0.6) is 17.2 Å². The van der Waals surface area contributed by atoms with Gasteiger partial charge >= 0.3 is 11.7 Å². The maximum Gasteiger partial charge on any atom is 0.331 e. The first kappa shape index (κ1) is 24.8. The molecule has 180 valence electrons. The Bertz CT molecular complexity index is 1310. The minimum absolute atomic E-state index is 0.106. The zero-order valence-electron chi connectivity index (χ0n) is 18.0. The van der Waals surface area contributed by atoms with Crippen LogP contribution >= 0.6 is 11.8 Å². The van der Waals surface area contributed by atoms with Crippen molar-refractivity contribution in [3.63, 3.8) is 0 Å². The second kappa shape index (κ2) is 10.9. The van der Waals surface area contributed by atoms with Gasteiger partial charge in [0.15, 0.2) is 16.7 Å². The number of hydrogen-bond acceptors (Lipinski definition) is 12. The van der Waals surface area contributed by atoms with Gasteiger partial charge in [0, 0.05) is 12.1 Å². The molecule has 0 unspecified atom stereocenters. The Kier molecular flexibility index (Phi) is 7.73. The van der Waals surface area contributed by atoms with Crippen LogP contribution in [0.15, 0.2) is 57.6 Å². The molecular weight excluding hydrogens is 486 g/mol. The number of carbonyl (C=O) groups is 2. The lowest BCUT2D eigenvalue weighted by molar-refractivity contribution is -0.394. The first-order chi connectivity index (χ1) is 16.7. The molecule has 1 amide bonds. The van der Waals surface area contributed by atoms with Gasteiger partial charge in [0.05, 0.1) is 41.3 Å². The highest BCUT2D eigenvalue weighted by atomic mass is 32.2. The zero-order chi connectivity index (χ0) is 25.5. The van der Waals surface area contributed by atoms with E-state index in [1.807, 2.05) is 0 Å². The summed E-state index contributed by atoms with van der Waals surface area (Å²) in [5.74, 6) is -1.10.